The van der Waals surface area contributed by atoms with Crippen molar-refractivity contribution in [3.63, 3.8) is 0 Å². The lowest BCUT2D eigenvalue weighted by Gasteiger charge is -2.24. The fourth-order valence-electron chi connectivity index (χ4n) is 1.37. The Kier molecular flexibility index (Phi) is 2.22. The maximum Gasteiger partial charge on any atom is 0.0643 e. The molecule has 0 aromatic heterocycles. The van der Waals surface area contributed by atoms with Crippen molar-refractivity contribution in [1.82, 2.24) is 0 Å². The van der Waals surface area contributed by atoms with Crippen molar-refractivity contribution in [2.75, 3.05) is 0 Å². The summed E-state index contributed by atoms with van der Waals surface area (Å²) in [6, 6.07) is 0.634. The van der Waals surface area contributed by atoms with E-state index >= 15 is 0 Å². The van der Waals surface area contributed by atoms with Crippen LogP contribution in [0, 0.1) is 0 Å². The zero-order valence-corrected chi connectivity index (χ0v) is 5.71. The molecule has 1 aliphatic carbocycles. The predicted molar refractivity (Wildman–Crippen MR) is 39.8 cm³/mol. The van der Waals surface area contributed by atoms with Crippen molar-refractivity contribution in [2.24, 2.45) is 10.7 Å². The second kappa shape index (κ2) is 2.97. The Labute approximate surface area is 56.2 Å². The van der Waals surface area contributed by atoms with Gasteiger partial charge in [-0.05, 0) is 19.6 Å². The number of rotatable bonds is 1. The van der Waals surface area contributed by atoms with E-state index in [0.29, 0.717) is 6.04 Å². The monoisotopic (exact) mass is 126 g/mol. The molecule has 0 saturated heterocycles. The van der Waals surface area contributed by atoms with Crippen molar-refractivity contribution >= 4 is 6.72 Å². The first-order valence-electron chi connectivity index (χ1n) is 3.56. The highest BCUT2D eigenvalue weighted by Crippen LogP contribution is 2.18. The van der Waals surface area contributed by atoms with Gasteiger partial charge in [0.2, 0.25) is 0 Å². The molecule has 0 amide bonds. The molecule has 0 aromatic rings. The molecular weight excluding hydrogens is 112 g/mol. The zero-order valence-electron chi connectivity index (χ0n) is 5.71. The highest BCUT2D eigenvalue weighted by molar-refractivity contribution is 5.24. The first kappa shape index (κ1) is 6.75. The van der Waals surface area contributed by atoms with Gasteiger partial charge in [0.25, 0.3) is 0 Å². The molecule has 2 nitrogen and oxygen atoms in total. The third-order valence-electron chi connectivity index (χ3n) is 2.02. The third-order valence-corrected chi connectivity index (χ3v) is 2.02. The van der Waals surface area contributed by atoms with Gasteiger partial charge in [0.15, 0.2) is 0 Å². The maximum absolute atomic E-state index is 5.76. The number of aliphatic imine (C=N–C) groups is 1. The molecule has 2 atom stereocenters. The zero-order chi connectivity index (χ0) is 6.69. The summed E-state index contributed by atoms with van der Waals surface area (Å²) in [4.78, 5) is 3.95. The Morgan fingerprint density at radius 1 is 1.33 bits per heavy atom. The molecule has 0 unspecified atom stereocenters. The average molecular weight is 126 g/mol. The largest absolute Gasteiger partial charge is 0.326 e. The van der Waals surface area contributed by atoms with Crippen molar-refractivity contribution in [3.05, 3.63) is 0 Å². The molecule has 9 heavy (non-hydrogen) atoms. The molecule has 52 valence electrons. The quantitative estimate of drug-likeness (QED) is 0.522. The number of nitrogens with zero attached hydrogens (tertiary/aromatic N) is 1. The second-order valence-electron chi connectivity index (χ2n) is 2.70. The molecule has 2 heteroatoms. The summed E-state index contributed by atoms with van der Waals surface area (Å²) in [5, 5.41) is 0. The van der Waals surface area contributed by atoms with Crippen LogP contribution in [0.2, 0.25) is 0 Å². The van der Waals surface area contributed by atoms with Gasteiger partial charge in [-0.2, -0.15) is 0 Å². The molecule has 0 heterocycles. The first-order chi connectivity index (χ1) is 4.34. The molecule has 1 aliphatic rings. The molecule has 0 aromatic carbocycles. The minimum absolute atomic E-state index is 0.288. The first-order valence-corrected chi connectivity index (χ1v) is 3.56. The Bertz CT molecular complexity index is 101. The van der Waals surface area contributed by atoms with Gasteiger partial charge in [0.05, 0.1) is 6.04 Å². The highest BCUT2D eigenvalue weighted by atomic mass is 14.8. The van der Waals surface area contributed by atoms with Crippen LogP contribution in [0.3, 0.4) is 0 Å². The minimum Gasteiger partial charge on any atom is -0.326 e. The smallest absolute Gasteiger partial charge is 0.0643 e. The lowest BCUT2D eigenvalue weighted by atomic mass is 9.92. The molecule has 0 radical (unpaired) electrons. The average Bonchev–Trinajstić information content (AvgIpc) is 1.89. The summed E-state index contributed by atoms with van der Waals surface area (Å²) in [5.74, 6) is 0. The lowest BCUT2D eigenvalue weighted by Crippen LogP contribution is -2.35. The lowest BCUT2D eigenvalue weighted by molar-refractivity contribution is 0.388. The van der Waals surface area contributed by atoms with Crippen molar-refractivity contribution in [2.45, 2.75) is 37.8 Å². The van der Waals surface area contributed by atoms with Crippen LogP contribution in [-0.2, 0) is 0 Å². The Hall–Kier alpha value is -0.370. The predicted octanol–water partition coefficient (Wildman–Crippen LogP) is 0.957. The number of hydrogen-bond acceptors (Lipinski definition) is 2. The van der Waals surface area contributed by atoms with Crippen LogP contribution < -0.4 is 5.73 Å². The van der Waals surface area contributed by atoms with E-state index in [-0.39, 0.29) is 6.04 Å². The standard InChI is InChI=1S/C7H14N2/c1-9-7-5-3-2-4-6(7)8/h6-7H,1-5,8H2/t6-,7+/m1/s1. The molecular formula is C7H14N2. The van der Waals surface area contributed by atoms with Gasteiger partial charge in [0, 0.05) is 6.04 Å². The van der Waals surface area contributed by atoms with E-state index in [1.807, 2.05) is 0 Å². The molecule has 1 rings (SSSR count). The Morgan fingerprint density at radius 3 is 2.44 bits per heavy atom. The molecule has 1 fully saturated rings. The van der Waals surface area contributed by atoms with Gasteiger partial charge in [-0.15, -0.1) is 0 Å². The number of hydrogen-bond donors (Lipinski definition) is 1. The minimum atomic E-state index is 0.288. The van der Waals surface area contributed by atoms with Crippen molar-refractivity contribution in [3.8, 4) is 0 Å². The molecule has 1 saturated carbocycles. The fraction of sp³-hybridized carbons (Fsp3) is 0.857. The van der Waals surface area contributed by atoms with Gasteiger partial charge in [-0.3, -0.25) is 4.99 Å². The summed E-state index contributed by atoms with van der Waals surface area (Å²) >= 11 is 0. The van der Waals surface area contributed by atoms with Crippen LogP contribution in [0.5, 0.6) is 0 Å². The van der Waals surface area contributed by atoms with Crippen LogP contribution >= 0.6 is 0 Å². The number of nitrogens with two attached hydrogens (primary N) is 1. The normalized spacial score (nSPS) is 36.1. The van der Waals surface area contributed by atoms with E-state index in [1.165, 1.54) is 12.8 Å². The van der Waals surface area contributed by atoms with E-state index in [4.69, 9.17) is 5.73 Å². The summed E-state index contributed by atoms with van der Waals surface area (Å²) in [6.45, 7) is 3.50. The molecule has 0 spiro atoms. The summed E-state index contributed by atoms with van der Waals surface area (Å²) in [5.41, 5.74) is 5.76. The molecule has 2 N–H and O–H groups in total. The van der Waals surface area contributed by atoms with Crippen molar-refractivity contribution in [1.29, 1.82) is 0 Å². The van der Waals surface area contributed by atoms with Crippen LogP contribution in [-0.4, -0.2) is 18.8 Å². The topological polar surface area (TPSA) is 38.4 Å². The molecule has 0 aliphatic heterocycles. The Balaban J connectivity index is 2.38. The van der Waals surface area contributed by atoms with Crippen molar-refractivity contribution < 1.29 is 0 Å². The fourth-order valence-corrected chi connectivity index (χ4v) is 1.37. The maximum atomic E-state index is 5.76. The molecule has 0 bridgehead atoms. The summed E-state index contributed by atoms with van der Waals surface area (Å²) in [7, 11) is 0. The van der Waals surface area contributed by atoms with E-state index in [0.717, 1.165) is 12.8 Å². The van der Waals surface area contributed by atoms with Crippen LogP contribution in [0.1, 0.15) is 25.7 Å². The van der Waals surface area contributed by atoms with Gasteiger partial charge in [0.1, 0.15) is 0 Å². The van der Waals surface area contributed by atoms with Crippen LogP contribution in [0.25, 0.3) is 0 Å². The Morgan fingerprint density at radius 2 is 2.00 bits per heavy atom. The van der Waals surface area contributed by atoms with E-state index in [9.17, 15) is 0 Å². The van der Waals surface area contributed by atoms with Gasteiger partial charge < -0.3 is 5.73 Å². The van der Waals surface area contributed by atoms with E-state index in [1.54, 1.807) is 0 Å². The van der Waals surface area contributed by atoms with Gasteiger partial charge in [-0.25, -0.2) is 0 Å². The third kappa shape index (κ3) is 1.52. The van der Waals surface area contributed by atoms with Crippen LogP contribution in [0.15, 0.2) is 4.99 Å². The van der Waals surface area contributed by atoms with Gasteiger partial charge in [-0.1, -0.05) is 12.8 Å². The van der Waals surface area contributed by atoms with E-state index in [2.05, 4.69) is 11.7 Å². The van der Waals surface area contributed by atoms with E-state index < -0.39 is 0 Å². The second-order valence-corrected chi connectivity index (χ2v) is 2.70. The summed E-state index contributed by atoms with van der Waals surface area (Å²) < 4.78 is 0. The SMILES string of the molecule is C=N[C@H]1CCCC[C@H]1N. The van der Waals surface area contributed by atoms with Gasteiger partial charge >= 0.3 is 0 Å². The summed E-state index contributed by atoms with van der Waals surface area (Å²) in [6.07, 6.45) is 4.82. The highest BCUT2D eigenvalue weighted by Gasteiger charge is 2.19. The van der Waals surface area contributed by atoms with Crippen LogP contribution in [0.4, 0.5) is 0 Å².